The van der Waals surface area contributed by atoms with Crippen LogP contribution in [0.5, 0.6) is 0 Å². The predicted molar refractivity (Wildman–Crippen MR) is 77.8 cm³/mol. The fourth-order valence-electron chi connectivity index (χ4n) is 2.57. The van der Waals surface area contributed by atoms with Crippen molar-refractivity contribution in [3.8, 4) is 0 Å². The number of rotatable bonds is 5. The third-order valence-corrected chi connectivity index (χ3v) is 4.84. The van der Waals surface area contributed by atoms with E-state index in [-0.39, 0.29) is 10.7 Å². The SMILES string of the molecule is CN(Cc1c(C(=O)O)sc2cccc(F)c12)CC1CC1. The number of carboxylic acid groups (broad SMARTS) is 1. The first kappa shape index (κ1) is 13.5. The Morgan fingerprint density at radius 2 is 2.25 bits per heavy atom. The predicted octanol–water partition coefficient (Wildman–Crippen LogP) is 3.58. The second-order valence-electron chi connectivity index (χ2n) is 5.47. The first-order valence-corrected chi connectivity index (χ1v) is 7.49. The van der Waals surface area contributed by atoms with E-state index in [1.54, 1.807) is 12.1 Å². The van der Waals surface area contributed by atoms with E-state index in [2.05, 4.69) is 4.90 Å². The van der Waals surface area contributed by atoms with Crippen molar-refractivity contribution in [2.45, 2.75) is 19.4 Å². The van der Waals surface area contributed by atoms with Gasteiger partial charge < -0.3 is 10.0 Å². The van der Waals surface area contributed by atoms with Gasteiger partial charge in [-0.05, 0) is 37.9 Å². The summed E-state index contributed by atoms with van der Waals surface area (Å²) in [6, 6.07) is 4.79. The van der Waals surface area contributed by atoms with Gasteiger partial charge in [0, 0.05) is 28.7 Å². The van der Waals surface area contributed by atoms with Gasteiger partial charge in [-0.2, -0.15) is 0 Å². The molecule has 0 radical (unpaired) electrons. The van der Waals surface area contributed by atoms with E-state index in [4.69, 9.17) is 0 Å². The second kappa shape index (κ2) is 5.14. The van der Waals surface area contributed by atoms with Crippen molar-refractivity contribution in [1.82, 2.24) is 4.90 Å². The van der Waals surface area contributed by atoms with E-state index >= 15 is 0 Å². The maximum absolute atomic E-state index is 14.0. The molecule has 3 rings (SSSR count). The molecule has 2 aromatic rings. The van der Waals surface area contributed by atoms with Gasteiger partial charge in [-0.15, -0.1) is 11.3 Å². The summed E-state index contributed by atoms with van der Waals surface area (Å²) in [5, 5.41) is 9.80. The number of carboxylic acids is 1. The number of thiophene rings is 1. The fraction of sp³-hybridized carbons (Fsp3) is 0.400. The Labute approximate surface area is 120 Å². The van der Waals surface area contributed by atoms with Crippen LogP contribution in [-0.4, -0.2) is 29.6 Å². The molecule has 0 atom stereocenters. The summed E-state index contributed by atoms with van der Waals surface area (Å²) in [5.41, 5.74) is 0.610. The Hall–Kier alpha value is -1.46. The number of hydrogen-bond acceptors (Lipinski definition) is 3. The van der Waals surface area contributed by atoms with Crippen molar-refractivity contribution in [2.24, 2.45) is 5.92 Å². The number of benzene rings is 1. The van der Waals surface area contributed by atoms with E-state index in [9.17, 15) is 14.3 Å². The van der Waals surface area contributed by atoms with Crippen molar-refractivity contribution >= 4 is 27.4 Å². The van der Waals surface area contributed by atoms with Crippen molar-refractivity contribution in [3.63, 3.8) is 0 Å². The van der Waals surface area contributed by atoms with E-state index in [1.165, 1.54) is 18.9 Å². The standard InChI is InChI=1S/C15H16FNO2S/c1-17(7-9-5-6-9)8-10-13-11(16)3-2-4-12(13)20-14(10)15(18)19/h2-4,9H,5-8H2,1H3,(H,18,19). The van der Waals surface area contributed by atoms with Gasteiger partial charge in [-0.1, -0.05) is 6.07 Å². The zero-order chi connectivity index (χ0) is 14.3. The van der Waals surface area contributed by atoms with E-state index in [0.29, 0.717) is 22.2 Å². The van der Waals surface area contributed by atoms with Crippen molar-refractivity contribution in [3.05, 3.63) is 34.5 Å². The van der Waals surface area contributed by atoms with Gasteiger partial charge in [0.15, 0.2) is 0 Å². The lowest BCUT2D eigenvalue weighted by molar-refractivity contribution is 0.0700. The Morgan fingerprint density at radius 3 is 2.90 bits per heavy atom. The zero-order valence-electron chi connectivity index (χ0n) is 11.2. The van der Waals surface area contributed by atoms with Gasteiger partial charge >= 0.3 is 5.97 Å². The molecule has 1 heterocycles. The Morgan fingerprint density at radius 1 is 1.50 bits per heavy atom. The molecule has 1 aliphatic carbocycles. The summed E-state index contributed by atoms with van der Waals surface area (Å²) in [4.78, 5) is 13.7. The topological polar surface area (TPSA) is 40.5 Å². The van der Waals surface area contributed by atoms with E-state index < -0.39 is 5.97 Å². The highest BCUT2D eigenvalue weighted by Crippen LogP contribution is 2.35. The molecule has 1 aromatic carbocycles. The van der Waals surface area contributed by atoms with Crippen LogP contribution >= 0.6 is 11.3 Å². The summed E-state index contributed by atoms with van der Waals surface area (Å²) in [6.45, 7) is 1.43. The summed E-state index contributed by atoms with van der Waals surface area (Å²) in [5.74, 6) is -0.579. The third-order valence-electron chi connectivity index (χ3n) is 3.65. The minimum Gasteiger partial charge on any atom is -0.477 e. The van der Waals surface area contributed by atoms with E-state index in [0.717, 1.165) is 23.8 Å². The molecule has 0 unspecified atom stereocenters. The number of fused-ring (bicyclic) bond motifs is 1. The fourth-order valence-corrected chi connectivity index (χ4v) is 3.63. The Bertz CT molecular complexity index is 663. The Balaban J connectivity index is 2.01. The molecule has 1 saturated carbocycles. The van der Waals surface area contributed by atoms with E-state index in [1.807, 2.05) is 7.05 Å². The highest BCUT2D eigenvalue weighted by molar-refractivity contribution is 7.21. The smallest absolute Gasteiger partial charge is 0.346 e. The molecular weight excluding hydrogens is 277 g/mol. The molecule has 0 saturated heterocycles. The lowest BCUT2D eigenvalue weighted by Gasteiger charge is -2.16. The molecule has 0 amide bonds. The van der Waals surface area contributed by atoms with Crippen LogP contribution in [0.25, 0.3) is 10.1 Å². The molecular formula is C15H16FNO2S. The number of carbonyl (C=O) groups is 1. The van der Waals surface area contributed by atoms with Crippen molar-refractivity contribution < 1.29 is 14.3 Å². The van der Waals surface area contributed by atoms with Crippen molar-refractivity contribution in [1.29, 1.82) is 0 Å². The van der Waals surface area contributed by atoms with Gasteiger partial charge in [0.2, 0.25) is 0 Å². The maximum Gasteiger partial charge on any atom is 0.346 e. The molecule has 1 aliphatic rings. The van der Waals surface area contributed by atoms with Crippen molar-refractivity contribution in [2.75, 3.05) is 13.6 Å². The first-order valence-electron chi connectivity index (χ1n) is 6.68. The molecule has 5 heteroatoms. The highest BCUT2D eigenvalue weighted by atomic mass is 32.1. The maximum atomic E-state index is 14.0. The molecule has 1 N–H and O–H groups in total. The molecule has 0 spiro atoms. The van der Waals surface area contributed by atoms with Crippen LogP contribution in [0.2, 0.25) is 0 Å². The molecule has 3 nitrogen and oxygen atoms in total. The third kappa shape index (κ3) is 2.55. The zero-order valence-corrected chi connectivity index (χ0v) is 12.0. The average molecular weight is 293 g/mol. The molecule has 106 valence electrons. The Kier molecular flexibility index (Phi) is 3.48. The molecule has 0 bridgehead atoms. The first-order chi connectivity index (χ1) is 9.56. The lowest BCUT2D eigenvalue weighted by atomic mass is 10.1. The van der Waals surface area contributed by atoms with Gasteiger partial charge in [-0.25, -0.2) is 9.18 Å². The summed E-state index contributed by atoms with van der Waals surface area (Å²) >= 11 is 1.16. The molecule has 0 aliphatic heterocycles. The number of nitrogens with zero attached hydrogens (tertiary/aromatic N) is 1. The number of aromatic carboxylic acids is 1. The van der Waals surface area contributed by atoms with Gasteiger partial charge in [-0.3, -0.25) is 0 Å². The minimum atomic E-state index is -0.972. The summed E-state index contributed by atoms with van der Waals surface area (Å²) < 4.78 is 14.7. The second-order valence-corrected chi connectivity index (χ2v) is 6.52. The molecule has 1 fully saturated rings. The van der Waals surface area contributed by atoms with Crippen LogP contribution in [0.4, 0.5) is 4.39 Å². The molecule has 1 aromatic heterocycles. The van der Waals surface area contributed by atoms with Gasteiger partial charge in [0.1, 0.15) is 10.7 Å². The van der Waals surface area contributed by atoms with Crippen LogP contribution in [0, 0.1) is 11.7 Å². The average Bonchev–Trinajstić information content (AvgIpc) is 3.10. The number of hydrogen-bond donors (Lipinski definition) is 1. The lowest BCUT2D eigenvalue weighted by Crippen LogP contribution is -2.21. The quantitative estimate of drug-likeness (QED) is 0.916. The summed E-state index contributed by atoms with van der Waals surface area (Å²) in [7, 11) is 1.97. The summed E-state index contributed by atoms with van der Waals surface area (Å²) in [6.07, 6.45) is 2.49. The van der Waals surface area contributed by atoms with Crippen LogP contribution in [0.3, 0.4) is 0 Å². The highest BCUT2D eigenvalue weighted by Gasteiger charge is 2.25. The van der Waals surface area contributed by atoms with Crippen LogP contribution in [-0.2, 0) is 6.54 Å². The van der Waals surface area contributed by atoms with Gasteiger partial charge in [0.05, 0.1) is 0 Å². The van der Waals surface area contributed by atoms with Crippen LogP contribution < -0.4 is 0 Å². The number of halogens is 1. The minimum absolute atomic E-state index is 0.257. The van der Waals surface area contributed by atoms with Crippen LogP contribution in [0.15, 0.2) is 18.2 Å². The van der Waals surface area contributed by atoms with Crippen LogP contribution in [0.1, 0.15) is 28.1 Å². The normalized spacial score (nSPS) is 15.2. The van der Waals surface area contributed by atoms with Gasteiger partial charge in [0.25, 0.3) is 0 Å². The monoisotopic (exact) mass is 293 g/mol. The largest absolute Gasteiger partial charge is 0.477 e. The molecule has 20 heavy (non-hydrogen) atoms.